The number of halogens is 2. The van der Waals surface area contributed by atoms with Crippen LogP contribution < -0.4 is 4.90 Å². The third-order valence-corrected chi connectivity index (χ3v) is 8.16. The highest BCUT2D eigenvalue weighted by Gasteiger charge is 2.38. The van der Waals surface area contributed by atoms with E-state index in [9.17, 15) is 17.6 Å². The summed E-state index contributed by atoms with van der Waals surface area (Å²) in [6.07, 6.45) is 1.78. The molecule has 1 saturated heterocycles. The van der Waals surface area contributed by atoms with E-state index < -0.39 is 15.8 Å². The highest BCUT2D eigenvalue weighted by molar-refractivity contribution is 9.10. The Kier molecular flexibility index (Phi) is 5.52. The third kappa shape index (κ3) is 3.85. The van der Waals surface area contributed by atoms with Gasteiger partial charge in [-0.3, -0.25) is 4.79 Å². The average Bonchev–Trinajstić information content (AvgIpc) is 3.02. The van der Waals surface area contributed by atoms with Crippen LogP contribution in [0, 0.1) is 11.7 Å². The normalized spacial score (nSPS) is 20.7. The van der Waals surface area contributed by atoms with Crippen LogP contribution in [0.4, 0.5) is 10.1 Å². The lowest BCUT2D eigenvalue weighted by Crippen LogP contribution is -2.46. The zero-order valence-electron chi connectivity index (χ0n) is 16.0. The maximum Gasteiger partial charge on any atom is 0.243 e. The second-order valence-electron chi connectivity index (χ2n) is 7.67. The van der Waals surface area contributed by atoms with E-state index in [1.807, 2.05) is 24.0 Å². The van der Waals surface area contributed by atoms with Gasteiger partial charge in [-0.1, -0.05) is 15.9 Å². The van der Waals surface area contributed by atoms with Gasteiger partial charge in [-0.2, -0.15) is 4.31 Å². The van der Waals surface area contributed by atoms with Crippen LogP contribution in [-0.4, -0.2) is 37.8 Å². The van der Waals surface area contributed by atoms with E-state index in [0.717, 1.165) is 34.3 Å². The average molecular weight is 481 g/mol. The Morgan fingerprint density at radius 1 is 1.10 bits per heavy atom. The van der Waals surface area contributed by atoms with E-state index in [4.69, 9.17) is 0 Å². The van der Waals surface area contributed by atoms with E-state index in [0.29, 0.717) is 12.8 Å². The van der Waals surface area contributed by atoms with Crippen molar-refractivity contribution < 1.29 is 17.6 Å². The predicted octanol–water partition coefficient (Wildman–Crippen LogP) is 3.97. The quantitative estimate of drug-likeness (QED) is 0.667. The Morgan fingerprint density at radius 3 is 2.41 bits per heavy atom. The summed E-state index contributed by atoms with van der Waals surface area (Å²) >= 11 is 3.48. The summed E-state index contributed by atoms with van der Waals surface area (Å²) in [6, 6.07) is 10.9. The van der Waals surface area contributed by atoms with Crippen LogP contribution >= 0.6 is 15.9 Å². The molecule has 4 rings (SSSR count). The first kappa shape index (κ1) is 20.5. The Bertz CT molecular complexity index is 1030. The summed E-state index contributed by atoms with van der Waals surface area (Å²) < 4.78 is 41.1. The molecule has 8 heteroatoms. The first-order valence-corrected chi connectivity index (χ1v) is 11.9. The molecule has 0 N–H and O–H groups in total. The first-order chi connectivity index (χ1) is 13.8. The summed E-state index contributed by atoms with van der Waals surface area (Å²) in [7, 11) is -3.67. The molecule has 1 amide bonds. The number of fused-ring (bicyclic) bond motifs is 1. The minimum Gasteiger partial charge on any atom is -0.309 e. The van der Waals surface area contributed by atoms with Crippen LogP contribution in [0.2, 0.25) is 0 Å². The summed E-state index contributed by atoms with van der Waals surface area (Å²) in [4.78, 5) is 15.2. The van der Waals surface area contributed by atoms with Crippen molar-refractivity contribution in [3.8, 4) is 0 Å². The fourth-order valence-corrected chi connectivity index (χ4v) is 6.11. The van der Waals surface area contributed by atoms with Crippen molar-refractivity contribution in [1.29, 1.82) is 0 Å². The molecule has 2 aliphatic rings. The number of anilines is 1. The molecular weight excluding hydrogens is 459 g/mol. The second kappa shape index (κ2) is 7.81. The Hall–Kier alpha value is -1.77. The predicted molar refractivity (Wildman–Crippen MR) is 113 cm³/mol. The first-order valence-electron chi connectivity index (χ1n) is 9.64. The van der Waals surface area contributed by atoms with E-state index in [2.05, 4.69) is 22.0 Å². The topological polar surface area (TPSA) is 57.7 Å². The number of nitrogens with zero attached hydrogens (tertiary/aromatic N) is 2. The molecule has 0 spiro atoms. The lowest BCUT2D eigenvalue weighted by molar-refractivity contribution is -0.123. The van der Waals surface area contributed by atoms with Gasteiger partial charge in [0.05, 0.1) is 4.90 Å². The lowest BCUT2D eigenvalue weighted by Gasteiger charge is -2.34. The summed E-state index contributed by atoms with van der Waals surface area (Å²) in [5.74, 6) is -0.607. The van der Waals surface area contributed by atoms with Crippen LogP contribution in [0.15, 0.2) is 51.8 Å². The van der Waals surface area contributed by atoms with Gasteiger partial charge in [-0.15, -0.1) is 0 Å². The molecule has 29 heavy (non-hydrogen) atoms. The van der Waals surface area contributed by atoms with Crippen molar-refractivity contribution in [2.45, 2.75) is 37.1 Å². The van der Waals surface area contributed by atoms with E-state index in [1.165, 1.54) is 16.4 Å². The van der Waals surface area contributed by atoms with Crippen molar-refractivity contribution in [3.05, 3.63) is 58.3 Å². The molecule has 2 aromatic rings. The summed E-state index contributed by atoms with van der Waals surface area (Å²) in [5, 5.41) is 0. The van der Waals surface area contributed by atoms with Gasteiger partial charge >= 0.3 is 0 Å². The van der Waals surface area contributed by atoms with Gasteiger partial charge < -0.3 is 4.90 Å². The molecule has 0 radical (unpaired) electrons. The van der Waals surface area contributed by atoms with Gasteiger partial charge in [-0.05, 0) is 74.2 Å². The Balaban J connectivity index is 1.46. The number of piperidine rings is 1. The molecule has 154 valence electrons. The van der Waals surface area contributed by atoms with Crippen LogP contribution in [0.25, 0.3) is 0 Å². The molecule has 1 unspecified atom stereocenters. The fraction of sp³-hybridized carbons (Fsp3) is 0.381. The Morgan fingerprint density at radius 2 is 1.76 bits per heavy atom. The van der Waals surface area contributed by atoms with Crippen molar-refractivity contribution in [2.75, 3.05) is 18.0 Å². The second-order valence-corrected chi connectivity index (χ2v) is 10.5. The van der Waals surface area contributed by atoms with Gasteiger partial charge in [0.1, 0.15) is 5.82 Å². The number of hydrogen-bond acceptors (Lipinski definition) is 3. The SMILES string of the molecule is CC1Cc2cc(Br)ccc2N1C(=O)C1CCN(S(=O)(=O)c2ccc(F)cc2)CC1. The maximum atomic E-state index is 13.2. The zero-order chi connectivity index (χ0) is 20.8. The lowest BCUT2D eigenvalue weighted by atomic mass is 9.96. The van der Waals surface area contributed by atoms with Gasteiger partial charge in [-0.25, -0.2) is 12.8 Å². The van der Waals surface area contributed by atoms with Crippen LogP contribution in [0.1, 0.15) is 25.3 Å². The molecular formula is C21H22BrFN2O3S. The van der Waals surface area contributed by atoms with Gasteiger partial charge in [0.15, 0.2) is 0 Å². The number of benzene rings is 2. The molecule has 2 aliphatic heterocycles. The zero-order valence-corrected chi connectivity index (χ0v) is 18.4. The molecule has 1 fully saturated rings. The molecule has 2 aromatic carbocycles. The van der Waals surface area contributed by atoms with Gasteiger partial charge in [0.2, 0.25) is 15.9 Å². The Labute approximate surface area is 178 Å². The molecule has 0 saturated carbocycles. The summed E-state index contributed by atoms with van der Waals surface area (Å²) in [6.45, 7) is 2.61. The van der Waals surface area contributed by atoms with Crippen molar-refractivity contribution >= 4 is 37.5 Å². The number of amides is 1. The molecule has 0 bridgehead atoms. The summed E-state index contributed by atoms with van der Waals surface area (Å²) in [5.41, 5.74) is 2.10. The highest BCUT2D eigenvalue weighted by atomic mass is 79.9. The van der Waals surface area contributed by atoms with Crippen LogP contribution in [-0.2, 0) is 21.2 Å². The monoisotopic (exact) mass is 480 g/mol. The van der Waals surface area contributed by atoms with Crippen molar-refractivity contribution in [3.63, 3.8) is 0 Å². The van der Waals surface area contributed by atoms with Crippen molar-refractivity contribution in [1.82, 2.24) is 4.31 Å². The molecule has 0 aliphatic carbocycles. The smallest absolute Gasteiger partial charge is 0.243 e. The highest BCUT2D eigenvalue weighted by Crippen LogP contribution is 2.36. The number of carbonyl (C=O) groups is 1. The largest absolute Gasteiger partial charge is 0.309 e. The van der Waals surface area contributed by atoms with E-state index >= 15 is 0 Å². The maximum absolute atomic E-state index is 13.2. The minimum absolute atomic E-state index is 0.0670. The van der Waals surface area contributed by atoms with E-state index in [-0.39, 0.29) is 35.9 Å². The molecule has 0 aromatic heterocycles. The number of rotatable bonds is 3. The fourth-order valence-electron chi connectivity index (χ4n) is 4.23. The number of sulfonamides is 1. The third-order valence-electron chi connectivity index (χ3n) is 5.75. The van der Waals surface area contributed by atoms with Crippen LogP contribution in [0.3, 0.4) is 0 Å². The molecule has 5 nitrogen and oxygen atoms in total. The van der Waals surface area contributed by atoms with Crippen molar-refractivity contribution in [2.24, 2.45) is 5.92 Å². The van der Waals surface area contributed by atoms with E-state index in [1.54, 1.807) is 0 Å². The minimum atomic E-state index is -3.67. The standard InChI is InChI=1S/C21H22BrFN2O3S/c1-14-12-16-13-17(22)2-7-20(16)25(14)21(26)15-8-10-24(11-9-15)29(27,28)19-5-3-18(23)4-6-19/h2-7,13-15H,8-12H2,1H3. The van der Waals surface area contributed by atoms with Gasteiger partial charge in [0, 0.05) is 35.2 Å². The molecule has 2 heterocycles. The van der Waals surface area contributed by atoms with Gasteiger partial charge in [0.25, 0.3) is 0 Å². The molecule has 1 atom stereocenters. The number of carbonyl (C=O) groups excluding carboxylic acids is 1. The van der Waals surface area contributed by atoms with Crippen LogP contribution in [0.5, 0.6) is 0 Å². The number of hydrogen-bond donors (Lipinski definition) is 0.